The van der Waals surface area contributed by atoms with E-state index in [0.717, 1.165) is 62.4 Å². The molecule has 12 nitrogen and oxygen atoms in total. The Kier molecular flexibility index (Phi) is 8.58. The second kappa shape index (κ2) is 12.5. The van der Waals surface area contributed by atoms with Crippen molar-refractivity contribution in [2.24, 2.45) is 7.05 Å². The topological polar surface area (TPSA) is 131 Å². The standard InChI is InChI=1S/C29H36N8O4/c1-5-8-22-24-25(35(4)34-22)27(38)33-26(32-24)21-15-19(9-10-23(21)40-6-2)18-36-11-13-37(14-12-36)29-30-16-20(17-31-29)28(39)41-7-3/h9-10,15-17H,5-8,11-14,18H2,1-4H3,(H,32,33,38). The fourth-order valence-electron chi connectivity index (χ4n) is 5.09. The maximum absolute atomic E-state index is 13.1. The quantitative estimate of drug-likeness (QED) is 0.289. The Morgan fingerprint density at radius 1 is 1.05 bits per heavy atom. The summed E-state index contributed by atoms with van der Waals surface area (Å²) in [6.07, 6.45) is 4.69. The minimum Gasteiger partial charge on any atom is -0.493 e. The van der Waals surface area contributed by atoms with Crippen molar-refractivity contribution in [1.82, 2.24) is 34.6 Å². The van der Waals surface area contributed by atoms with Crippen molar-refractivity contribution < 1.29 is 14.3 Å². The molecule has 0 bridgehead atoms. The number of anilines is 1. The van der Waals surface area contributed by atoms with Gasteiger partial charge in [-0.15, -0.1) is 0 Å². The van der Waals surface area contributed by atoms with E-state index in [1.165, 1.54) is 12.4 Å². The number of benzene rings is 1. The summed E-state index contributed by atoms with van der Waals surface area (Å²) in [5, 5.41) is 4.54. The predicted octanol–water partition coefficient (Wildman–Crippen LogP) is 2.96. The van der Waals surface area contributed by atoms with Gasteiger partial charge in [0, 0.05) is 52.2 Å². The molecule has 1 aromatic carbocycles. The largest absolute Gasteiger partial charge is 0.493 e. The van der Waals surface area contributed by atoms with Crippen LogP contribution in [-0.4, -0.2) is 80.0 Å². The van der Waals surface area contributed by atoms with E-state index in [0.29, 0.717) is 47.3 Å². The summed E-state index contributed by atoms with van der Waals surface area (Å²) in [4.78, 5) is 46.0. The first-order valence-electron chi connectivity index (χ1n) is 14.1. The van der Waals surface area contributed by atoms with Crippen LogP contribution in [-0.2, 0) is 24.8 Å². The number of carbonyl (C=O) groups excluding carboxylic acids is 1. The van der Waals surface area contributed by atoms with Gasteiger partial charge < -0.3 is 19.4 Å². The number of ether oxygens (including phenoxy) is 2. The van der Waals surface area contributed by atoms with Crippen LogP contribution in [0.4, 0.5) is 5.95 Å². The summed E-state index contributed by atoms with van der Waals surface area (Å²) < 4.78 is 12.5. The SMILES string of the molecule is CCCc1nn(C)c2c(=O)[nH]c(-c3cc(CN4CCN(c5ncc(C(=O)OCC)cn5)CC4)ccc3OCC)nc12. The summed E-state index contributed by atoms with van der Waals surface area (Å²) in [6.45, 7) is 10.5. The summed E-state index contributed by atoms with van der Waals surface area (Å²) in [5.41, 5.74) is 3.91. The summed E-state index contributed by atoms with van der Waals surface area (Å²) in [7, 11) is 1.77. The first-order valence-corrected chi connectivity index (χ1v) is 14.1. The molecule has 0 unspecified atom stereocenters. The molecule has 5 rings (SSSR count). The van der Waals surface area contributed by atoms with Gasteiger partial charge in [-0.2, -0.15) is 5.10 Å². The summed E-state index contributed by atoms with van der Waals surface area (Å²) in [6, 6.07) is 6.06. The number of esters is 1. The molecule has 0 aliphatic carbocycles. The Balaban J connectivity index is 1.33. The Morgan fingerprint density at radius 2 is 1.80 bits per heavy atom. The van der Waals surface area contributed by atoms with Crippen molar-refractivity contribution in [2.75, 3.05) is 44.3 Å². The van der Waals surface area contributed by atoms with Gasteiger partial charge in [0.05, 0.1) is 30.0 Å². The molecular weight excluding hydrogens is 524 g/mol. The lowest BCUT2D eigenvalue weighted by Crippen LogP contribution is -2.46. The highest BCUT2D eigenvalue weighted by Crippen LogP contribution is 2.30. The van der Waals surface area contributed by atoms with Gasteiger partial charge in [0.2, 0.25) is 5.95 Å². The van der Waals surface area contributed by atoms with Crippen molar-refractivity contribution in [2.45, 2.75) is 40.2 Å². The molecule has 12 heteroatoms. The Labute approximate surface area is 238 Å². The second-order valence-corrected chi connectivity index (χ2v) is 9.95. The molecule has 0 radical (unpaired) electrons. The molecule has 1 aliphatic heterocycles. The first kappa shape index (κ1) is 28.2. The fraction of sp³-hybridized carbons (Fsp3) is 0.448. The Bertz CT molecular complexity index is 1570. The van der Waals surface area contributed by atoms with E-state index in [1.54, 1.807) is 18.7 Å². The molecule has 216 valence electrons. The number of nitrogens with zero attached hydrogens (tertiary/aromatic N) is 7. The van der Waals surface area contributed by atoms with Crippen LogP contribution in [0.1, 0.15) is 48.8 Å². The summed E-state index contributed by atoms with van der Waals surface area (Å²) in [5.74, 6) is 1.34. The van der Waals surface area contributed by atoms with Crippen molar-refractivity contribution in [3.63, 3.8) is 0 Å². The lowest BCUT2D eigenvalue weighted by Gasteiger charge is -2.34. The van der Waals surface area contributed by atoms with E-state index >= 15 is 0 Å². The van der Waals surface area contributed by atoms with Crippen LogP contribution in [0.3, 0.4) is 0 Å². The van der Waals surface area contributed by atoms with Gasteiger partial charge in [0.15, 0.2) is 5.52 Å². The molecule has 0 atom stereocenters. The molecular formula is C29H36N8O4. The van der Waals surface area contributed by atoms with Crippen LogP contribution in [0.2, 0.25) is 0 Å². The Hall–Kier alpha value is -4.32. The predicted molar refractivity (Wildman–Crippen MR) is 155 cm³/mol. The molecule has 1 N–H and O–H groups in total. The number of rotatable bonds is 10. The zero-order valence-corrected chi connectivity index (χ0v) is 24.0. The third-order valence-corrected chi connectivity index (χ3v) is 7.06. The average Bonchev–Trinajstić information content (AvgIpc) is 3.30. The van der Waals surface area contributed by atoms with Gasteiger partial charge in [-0.1, -0.05) is 19.4 Å². The molecule has 3 aromatic heterocycles. The van der Waals surface area contributed by atoms with Gasteiger partial charge in [0.25, 0.3) is 5.56 Å². The lowest BCUT2D eigenvalue weighted by atomic mass is 10.1. The molecule has 0 amide bonds. The number of carbonyl (C=O) groups is 1. The fourth-order valence-corrected chi connectivity index (χ4v) is 5.09. The van der Waals surface area contributed by atoms with E-state index < -0.39 is 5.97 Å². The Morgan fingerprint density at radius 3 is 2.49 bits per heavy atom. The average molecular weight is 561 g/mol. The van der Waals surface area contributed by atoms with Gasteiger partial charge in [0.1, 0.15) is 17.1 Å². The van der Waals surface area contributed by atoms with Crippen LogP contribution < -0.4 is 15.2 Å². The number of nitrogens with one attached hydrogen (secondary N) is 1. The molecule has 4 heterocycles. The molecule has 41 heavy (non-hydrogen) atoms. The van der Waals surface area contributed by atoms with Crippen LogP contribution in [0.15, 0.2) is 35.4 Å². The minimum atomic E-state index is -0.417. The van der Waals surface area contributed by atoms with Crippen LogP contribution in [0, 0.1) is 0 Å². The monoisotopic (exact) mass is 560 g/mol. The van der Waals surface area contributed by atoms with E-state index in [9.17, 15) is 9.59 Å². The zero-order valence-electron chi connectivity index (χ0n) is 24.0. The molecule has 1 saturated heterocycles. The van der Waals surface area contributed by atoms with Crippen LogP contribution in [0.5, 0.6) is 5.75 Å². The van der Waals surface area contributed by atoms with E-state index in [-0.39, 0.29) is 5.56 Å². The lowest BCUT2D eigenvalue weighted by molar-refractivity contribution is 0.0525. The van der Waals surface area contributed by atoms with Gasteiger partial charge >= 0.3 is 5.97 Å². The number of aromatic amines is 1. The van der Waals surface area contributed by atoms with Gasteiger partial charge in [-0.25, -0.2) is 19.7 Å². The minimum absolute atomic E-state index is 0.219. The van der Waals surface area contributed by atoms with Gasteiger partial charge in [-0.3, -0.25) is 14.4 Å². The molecule has 1 aliphatic rings. The van der Waals surface area contributed by atoms with Crippen molar-refractivity contribution in [3.05, 3.63) is 57.8 Å². The van der Waals surface area contributed by atoms with Crippen molar-refractivity contribution in [1.29, 1.82) is 0 Å². The maximum Gasteiger partial charge on any atom is 0.341 e. The molecule has 0 saturated carbocycles. The number of aryl methyl sites for hydroxylation is 2. The smallest absolute Gasteiger partial charge is 0.341 e. The highest BCUT2D eigenvalue weighted by Gasteiger charge is 2.22. The number of hydrogen-bond acceptors (Lipinski definition) is 10. The number of piperazine rings is 1. The third kappa shape index (κ3) is 6.07. The number of hydrogen-bond donors (Lipinski definition) is 1. The third-order valence-electron chi connectivity index (χ3n) is 7.06. The number of fused-ring (bicyclic) bond motifs is 1. The number of H-pyrrole nitrogens is 1. The van der Waals surface area contributed by atoms with Gasteiger partial charge in [-0.05, 0) is 38.0 Å². The van der Waals surface area contributed by atoms with E-state index in [2.05, 4.69) is 48.9 Å². The molecule has 4 aromatic rings. The van der Waals surface area contributed by atoms with Crippen molar-refractivity contribution >= 4 is 23.0 Å². The molecule has 0 spiro atoms. The second-order valence-electron chi connectivity index (χ2n) is 9.95. The van der Waals surface area contributed by atoms with Crippen molar-refractivity contribution in [3.8, 4) is 17.1 Å². The van der Waals surface area contributed by atoms with E-state index in [1.807, 2.05) is 13.0 Å². The molecule has 1 fully saturated rings. The highest BCUT2D eigenvalue weighted by atomic mass is 16.5. The highest BCUT2D eigenvalue weighted by molar-refractivity contribution is 5.88. The number of aromatic nitrogens is 6. The van der Waals surface area contributed by atoms with Crippen LogP contribution in [0.25, 0.3) is 22.4 Å². The van der Waals surface area contributed by atoms with E-state index in [4.69, 9.17) is 14.5 Å². The zero-order chi connectivity index (χ0) is 28.9. The first-order chi connectivity index (χ1) is 19.9. The normalized spacial score (nSPS) is 14.0. The maximum atomic E-state index is 13.1. The summed E-state index contributed by atoms with van der Waals surface area (Å²) >= 11 is 0. The van der Waals surface area contributed by atoms with Crippen LogP contribution >= 0.6 is 0 Å².